The molecular weight excluding hydrogens is 696 g/mol. The minimum Gasteiger partial charge on any atom is -0.853 e. The fourth-order valence-electron chi connectivity index (χ4n) is 8.59. The minimum atomic E-state index is -1.53. The van der Waals surface area contributed by atoms with E-state index in [0.29, 0.717) is 18.1 Å². The smallest absolute Gasteiger partial charge is 0.853 e. The Kier molecular flexibility index (Phi) is 13.5. The Hall–Kier alpha value is -2.53. The number of piperidine rings is 2. The SMILES string of the molecule is CC1=C(C)c2ccc3c(c2[N-]C1)[N-]C(C)C(C)=C3C.CC1C[N-]C2C(CCC3C(C)C(C)C(C)[N-]C32)C1C.O=C1OC(C(O)C[O-])C(O)=C1O.[Cu+]. The normalized spacial score (nSPS) is 35.8. The molecule has 3 N–H and O–H groups in total. The van der Waals surface area contributed by atoms with Crippen molar-refractivity contribution in [3.05, 3.63) is 67.2 Å². The molecule has 6 aliphatic rings. The van der Waals surface area contributed by atoms with E-state index in [1.165, 1.54) is 46.3 Å². The molecule has 11 heteroatoms. The first-order valence-electron chi connectivity index (χ1n) is 18.4. The van der Waals surface area contributed by atoms with Crippen LogP contribution in [0.1, 0.15) is 93.2 Å². The first-order valence-corrected chi connectivity index (χ1v) is 18.4. The maximum absolute atomic E-state index is 10.5. The predicted molar refractivity (Wildman–Crippen MR) is 198 cm³/mol. The molecular formula is C40H57CuN4O6-4. The number of fused-ring (bicyclic) bond motifs is 6. The van der Waals surface area contributed by atoms with E-state index in [1.54, 1.807) is 0 Å². The summed E-state index contributed by atoms with van der Waals surface area (Å²) >= 11 is 0. The van der Waals surface area contributed by atoms with Crippen LogP contribution in [0, 0.1) is 35.5 Å². The molecule has 0 radical (unpaired) electrons. The van der Waals surface area contributed by atoms with Crippen molar-refractivity contribution in [3.8, 4) is 0 Å². The van der Waals surface area contributed by atoms with Gasteiger partial charge in [-0.1, -0.05) is 107 Å². The number of cyclic esters (lactones) is 1. The number of rotatable bonds is 2. The molecule has 2 saturated heterocycles. The van der Waals surface area contributed by atoms with Crippen molar-refractivity contribution in [2.75, 3.05) is 19.7 Å². The second kappa shape index (κ2) is 16.6. The molecule has 1 aromatic rings. The van der Waals surface area contributed by atoms with E-state index < -0.39 is 36.3 Å². The Bertz CT molecular complexity index is 1540. The van der Waals surface area contributed by atoms with Gasteiger partial charge in [-0.25, -0.2) is 4.79 Å². The Morgan fingerprint density at radius 1 is 0.882 bits per heavy atom. The number of carbonyl (C=O) groups is 1. The summed E-state index contributed by atoms with van der Waals surface area (Å²) in [5.74, 6) is 1.92. The fraction of sp³-hybridized carbons (Fsp3) is 0.675. The summed E-state index contributed by atoms with van der Waals surface area (Å²) < 4.78 is 4.28. The van der Waals surface area contributed by atoms with Gasteiger partial charge >= 0.3 is 23.0 Å². The van der Waals surface area contributed by atoms with E-state index in [-0.39, 0.29) is 23.1 Å². The zero-order valence-corrected chi connectivity index (χ0v) is 32.7. The molecule has 0 bridgehead atoms. The van der Waals surface area contributed by atoms with E-state index in [2.05, 4.69) is 86.1 Å². The van der Waals surface area contributed by atoms with Crippen LogP contribution in [0.15, 0.2) is 34.8 Å². The second-order valence-electron chi connectivity index (χ2n) is 15.7. The number of hydrogen-bond acceptors (Lipinski definition) is 6. The number of allylic oxidation sites excluding steroid dienone is 2. The summed E-state index contributed by atoms with van der Waals surface area (Å²) in [6, 6.07) is 6.29. The van der Waals surface area contributed by atoms with E-state index in [9.17, 15) is 9.90 Å². The number of benzene rings is 1. The molecule has 0 spiro atoms. The molecule has 51 heavy (non-hydrogen) atoms. The Labute approximate surface area is 315 Å². The maximum Gasteiger partial charge on any atom is 1.00 e. The van der Waals surface area contributed by atoms with Gasteiger partial charge in [0.2, 0.25) is 5.76 Å². The van der Waals surface area contributed by atoms with Crippen molar-refractivity contribution in [2.24, 2.45) is 35.5 Å². The Morgan fingerprint density at radius 3 is 2.08 bits per heavy atom. The molecule has 12 atom stereocenters. The molecule has 7 rings (SSSR count). The van der Waals surface area contributed by atoms with Gasteiger partial charge in [0.25, 0.3) is 0 Å². The van der Waals surface area contributed by atoms with Crippen LogP contribution in [-0.4, -0.2) is 77.4 Å². The summed E-state index contributed by atoms with van der Waals surface area (Å²) in [5, 5.41) is 56.5. The Balaban J connectivity index is 0.000000175. The standard InChI is InChI=1S/C17H30N2.C17H20N2.C6H7O6.Cu/c2*1-9-8-18-16-14(10(9)2)6-7-15-12(4)11(3)13(5)19-17(15)16;7-1-2(8)5-3(9)4(10)6(11)12-5;/h9-17H,6-8H2,1-5H3;6-7,13H,8H2,1-5H3;2,5,8-10H,1H2;/q2*-2;-1;+1. The van der Waals surface area contributed by atoms with Gasteiger partial charge in [-0.05, 0) is 61.8 Å². The summed E-state index contributed by atoms with van der Waals surface area (Å²) in [7, 11) is 0. The number of nitrogens with zero attached hydrogens (tertiary/aromatic N) is 4. The van der Waals surface area contributed by atoms with Crippen LogP contribution in [0.4, 0.5) is 11.4 Å². The number of hydrogen-bond donors (Lipinski definition) is 3. The van der Waals surface area contributed by atoms with Crippen LogP contribution in [0.5, 0.6) is 0 Å². The van der Waals surface area contributed by atoms with E-state index in [1.807, 2.05) is 0 Å². The maximum atomic E-state index is 10.5. The van der Waals surface area contributed by atoms with Gasteiger partial charge in [-0.15, -0.1) is 49.2 Å². The average Bonchev–Trinajstić information content (AvgIpc) is 3.36. The zero-order chi connectivity index (χ0) is 36.8. The third-order valence-electron chi connectivity index (χ3n) is 13.0. The number of aliphatic hydroxyl groups is 3. The van der Waals surface area contributed by atoms with Crippen molar-refractivity contribution < 1.29 is 47.0 Å². The number of esters is 1. The quantitative estimate of drug-likeness (QED) is 0.204. The van der Waals surface area contributed by atoms with Crippen molar-refractivity contribution in [1.82, 2.24) is 0 Å². The Morgan fingerprint density at radius 2 is 1.49 bits per heavy atom. The van der Waals surface area contributed by atoms with Crippen LogP contribution in [0.2, 0.25) is 0 Å². The topological polar surface area (TPSA) is 166 Å². The summed E-state index contributed by atoms with van der Waals surface area (Å²) in [6.07, 6.45) is -0.171. The fourth-order valence-corrected chi connectivity index (χ4v) is 8.59. The summed E-state index contributed by atoms with van der Waals surface area (Å²) in [6.45, 7) is 23.8. The summed E-state index contributed by atoms with van der Waals surface area (Å²) in [5.41, 5.74) is 10.2. The van der Waals surface area contributed by atoms with Gasteiger partial charge in [0.15, 0.2) is 11.9 Å². The molecule has 1 saturated carbocycles. The van der Waals surface area contributed by atoms with Gasteiger partial charge in [0.05, 0.1) is 6.10 Å². The number of aliphatic hydroxyl groups excluding tert-OH is 3. The molecule has 1 aromatic carbocycles. The van der Waals surface area contributed by atoms with Gasteiger partial charge in [0, 0.05) is 0 Å². The molecule has 12 unspecified atom stereocenters. The van der Waals surface area contributed by atoms with Crippen LogP contribution < -0.4 is 5.11 Å². The average molecular weight is 753 g/mol. The third-order valence-corrected chi connectivity index (χ3v) is 13.0. The van der Waals surface area contributed by atoms with E-state index >= 15 is 0 Å². The molecule has 288 valence electrons. The van der Waals surface area contributed by atoms with Gasteiger partial charge in [-0.2, -0.15) is 0 Å². The van der Waals surface area contributed by atoms with Gasteiger partial charge in [0.1, 0.15) is 0 Å². The summed E-state index contributed by atoms with van der Waals surface area (Å²) in [4.78, 5) is 10.5. The van der Waals surface area contributed by atoms with Crippen LogP contribution in [0.3, 0.4) is 0 Å². The molecule has 3 fully saturated rings. The molecule has 0 amide bonds. The van der Waals surface area contributed by atoms with Crippen molar-refractivity contribution in [3.63, 3.8) is 0 Å². The van der Waals surface area contributed by atoms with Crippen LogP contribution >= 0.6 is 0 Å². The molecule has 5 aliphatic heterocycles. The van der Waals surface area contributed by atoms with Crippen molar-refractivity contribution in [2.45, 2.75) is 118 Å². The molecule has 0 aromatic heterocycles. The van der Waals surface area contributed by atoms with E-state index in [0.717, 1.165) is 60.0 Å². The number of carbonyl (C=O) groups excluding carboxylic acids is 1. The monoisotopic (exact) mass is 752 g/mol. The molecule has 1 aliphatic carbocycles. The van der Waals surface area contributed by atoms with Crippen molar-refractivity contribution >= 4 is 28.5 Å². The first-order chi connectivity index (χ1) is 23.6. The van der Waals surface area contributed by atoms with Gasteiger partial charge in [-0.3, -0.25) is 0 Å². The molecule has 10 nitrogen and oxygen atoms in total. The first kappa shape index (κ1) is 41.2. The minimum absolute atomic E-state index is 0. The van der Waals surface area contributed by atoms with Gasteiger partial charge < -0.3 is 46.4 Å². The van der Waals surface area contributed by atoms with E-state index in [4.69, 9.17) is 36.6 Å². The van der Waals surface area contributed by atoms with Crippen molar-refractivity contribution in [1.29, 1.82) is 0 Å². The number of ether oxygens (including phenoxy) is 1. The second-order valence-corrected chi connectivity index (χ2v) is 15.7. The predicted octanol–water partition coefficient (Wildman–Crippen LogP) is 8.11. The zero-order valence-electron chi connectivity index (χ0n) is 31.8. The largest absolute Gasteiger partial charge is 1.00 e. The van der Waals surface area contributed by atoms with Crippen LogP contribution in [0.25, 0.3) is 32.4 Å². The molecule has 5 heterocycles. The van der Waals surface area contributed by atoms with Crippen LogP contribution in [-0.2, 0) is 26.6 Å². The third kappa shape index (κ3) is 7.90.